The number of benzene rings is 1. The van der Waals surface area contributed by atoms with E-state index >= 15 is 0 Å². The molecule has 0 saturated carbocycles. The lowest BCUT2D eigenvalue weighted by Crippen LogP contribution is -1.92. The molecule has 1 aromatic carbocycles. The third-order valence-corrected chi connectivity index (χ3v) is 3.30. The van der Waals surface area contributed by atoms with Gasteiger partial charge in [0.1, 0.15) is 0 Å². The smallest absolute Gasteiger partial charge is 0.0245 e. The van der Waals surface area contributed by atoms with Crippen molar-refractivity contribution in [3.63, 3.8) is 0 Å². The maximum absolute atomic E-state index is 2.29. The Hall–Kier alpha value is -0.703. The first-order valence-corrected chi connectivity index (χ1v) is 5.97. The molecule has 0 bridgehead atoms. The molecule has 0 aromatic heterocycles. The molecular weight excluding hydrogens is 174 g/mol. The molecule has 0 N–H and O–H groups in total. The molecule has 0 atom stereocenters. The van der Waals surface area contributed by atoms with Crippen LogP contribution in [0.5, 0.6) is 0 Å². The van der Waals surface area contributed by atoms with Crippen molar-refractivity contribution in [1.29, 1.82) is 0 Å². The number of hydrogen-bond acceptors (Lipinski definition) is 0. The van der Waals surface area contributed by atoms with E-state index < -0.39 is 0 Å². The maximum Gasteiger partial charge on any atom is 0.0245 e. The maximum atomic E-state index is 2.29. The Morgan fingerprint density at radius 1 is 1.08 bits per heavy atom. The molecule has 0 saturated heterocycles. The molecular formula is C9H16F2Si. The summed E-state index contributed by atoms with van der Waals surface area (Å²) in [6.07, 6.45) is 0. The summed E-state index contributed by atoms with van der Waals surface area (Å²) in [7, 11) is 0.223. The molecule has 1 aromatic rings. The summed E-state index contributed by atoms with van der Waals surface area (Å²) in [5.41, 5.74) is 1.52. The summed E-state index contributed by atoms with van der Waals surface area (Å²) in [5.74, 6) is 0. The highest BCUT2D eigenvalue weighted by molar-refractivity contribution is 6.34. The van der Waals surface area contributed by atoms with E-state index in [4.69, 9.17) is 0 Å². The molecule has 1 rings (SSSR count). The van der Waals surface area contributed by atoms with Gasteiger partial charge in [-0.25, -0.2) is 0 Å². The summed E-state index contributed by atoms with van der Waals surface area (Å²) in [4.78, 5) is 0. The molecule has 0 spiro atoms. The largest absolute Gasteiger partial charge is 0.269 e. The first-order valence-electron chi connectivity index (χ1n) is 3.97. The van der Waals surface area contributed by atoms with Gasteiger partial charge in [0.15, 0.2) is 0 Å². The van der Waals surface area contributed by atoms with Gasteiger partial charge >= 0.3 is 0 Å². The van der Waals surface area contributed by atoms with Crippen LogP contribution in [0.25, 0.3) is 0 Å². The molecule has 0 unspecified atom stereocenters. The van der Waals surface area contributed by atoms with Crippen LogP contribution in [0.1, 0.15) is 12.5 Å². The van der Waals surface area contributed by atoms with Crippen LogP contribution in [0.15, 0.2) is 30.3 Å². The van der Waals surface area contributed by atoms with Crippen molar-refractivity contribution in [1.82, 2.24) is 0 Å². The van der Waals surface area contributed by atoms with Crippen molar-refractivity contribution in [2.24, 2.45) is 0 Å². The van der Waals surface area contributed by atoms with Crippen molar-refractivity contribution in [2.75, 3.05) is 0 Å². The van der Waals surface area contributed by atoms with Gasteiger partial charge < -0.3 is 0 Å². The molecule has 0 aliphatic rings. The van der Waals surface area contributed by atoms with Crippen LogP contribution < -0.4 is 0 Å². The Labute approximate surface area is 74.6 Å². The van der Waals surface area contributed by atoms with Gasteiger partial charge in [0.25, 0.3) is 0 Å². The van der Waals surface area contributed by atoms with Gasteiger partial charge in [0, 0.05) is 9.52 Å². The molecule has 0 fully saturated rings. The Bertz CT molecular complexity index is 177. The average molecular weight is 190 g/mol. The van der Waals surface area contributed by atoms with E-state index in [2.05, 4.69) is 37.3 Å². The molecule has 0 heterocycles. The van der Waals surface area contributed by atoms with Crippen LogP contribution >= 0.6 is 0 Å². The summed E-state index contributed by atoms with van der Waals surface area (Å²) in [6, 6.07) is 13.6. The number of hydrogen-bond donors (Lipinski definition) is 0. The number of halogens is 2. The zero-order valence-electron chi connectivity index (χ0n) is 7.32. The normalized spacial score (nSPS) is 9.08. The van der Waals surface area contributed by atoms with Crippen LogP contribution in [0.3, 0.4) is 0 Å². The Balaban J connectivity index is 0. The standard InChI is InChI=1S/C9H14Si.2FH/c1-2-10-8-9-6-4-3-5-7-9;;/h3-7H,2,8,10H2,1H3;2*1H. The second-order valence-corrected chi connectivity index (χ2v) is 4.80. The molecule has 3 heteroatoms. The highest BCUT2D eigenvalue weighted by atomic mass is 28.2. The first-order chi connectivity index (χ1) is 4.93. The average Bonchev–Trinajstić information content (AvgIpc) is 2.03. The van der Waals surface area contributed by atoms with Crippen molar-refractivity contribution >= 4 is 9.52 Å². The second-order valence-electron chi connectivity index (χ2n) is 2.59. The zero-order valence-corrected chi connectivity index (χ0v) is 8.74. The van der Waals surface area contributed by atoms with Crippen LogP contribution in [0.4, 0.5) is 9.41 Å². The fourth-order valence-corrected chi connectivity index (χ4v) is 2.12. The summed E-state index contributed by atoms with van der Waals surface area (Å²) < 4.78 is 0. The third kappa shape index (κ3) is 5.01. The minimum absolute atomic E-state index is 0. The van der Waals surface area contributed by atoms with E-state index in [9.17, 15) is 0 Å². The van der Waals surface area contributed by atoms with Gasteiger partial charge in [0.2, 0.25) is 0 Å². The second kappa shape index (κ2) is 8.39. The molecule has 12 heavy (non-hydrogen) atoms. The Morgan fingerprint density at radius 3 is 2.17 bits per heavy atom. The van der Waals surface area contributed by atoms with Gasteiger partial charge in [0.05, 0.1) is 0 Å². The molecule has 0 nitrogen and oxygen atoms in total. The molecule has 0 aliphatic heterocycles. The van der Waals surface area contributed by atoms with Crippen LogP contribution in [0.2, 0.25) is 6.04 Å². The van der Waals surface area contributed by atoms with E-state index in [1.165, 1.54) is 17.7 Å². The van der Waals surface area contributed by atoms with E-state index in [0.29, 0.717) is 0 Å². The lowest BCUT2D eigenvalue weighted by atomic mass is 10.2. The van der Waals surface area contributed by atoms with Gasteiger partial charge in [-0.15, -0.1) is 0 Å². The predicted octanol–water partition coefficient (Wildman–Crippen LogP) is 2.10. The summed E-state index contributed by atoms with van der Waals surface area (Å²) in [5, 5.41) is 0. The van der Waals surface area contributed by atoms with E-state index in [-0.39, 0.29) is 18.9 Å². The quantitative estimate of drug-likeness (QED) is 0.640. The topological polar surface area (TPSA) is 0 Å². The Morgan fingerprint density at radius 2 is 1.67 bits per heavy atom. The van der Waals surface area contributed by atoms with Crippen molar-refractivity contribution < 1.29 is 9.41 Å². The summed E-state index contributed by atoms with van der Waals surface area (Å²) >= 11 is 0. The lowest BCUT2D eigenvalue weighted by Gasteiger charge is -1.95. The predicted molar refractivity (Wildman–Crippen MR) is 54.2 cm³/mol. The fourth-order valence-electron chi connectivity index (χ4n) is 1.03. The first kappa shape index (κ1) is 13.9. The highest BCUT2D eigenvalue weighted by Crippen LogP contribution is 1.98. The molecule has 0 radical (unpaired) electrons. The number of rotatable bonds is 3. The van der Waals surface area contributed by atoms with Crippen molar-refractivity contribution in [3.05, 3.63) is 35.9 Å². The minimum Gasteiger partial charge on any atom is -0.269 e. The van der Waals surface area contributed by atoms with Gasteiger partial charge in [-0.2, -0.15) is 0 Å². The van der Waals surface area contributed by atoms with Crippen LogP contribution in [-0.2, 0) is 6.04 Å². The minimum atomic E-state index is 0. The molecule has 0 amide bonds. The van der Waals surface area contributed by atoms with Gasteiger partial charge in [-0.05, 0) is 6.04 Å². The SMILES string of the molecule is CC[SiH2]Cc1ccccc1.F.F. The van der Waals surface area contributed by atoms with Gasteiger partial charge in [-0.1, -0.05) is 48.9 Å². The van der Waals surface area contributed by atoms with Crippen LogP contribution in [0, 0.1) is 0 Å². The Kier molecular flexibility index (Phi) is 9.69. The summed E-state index contributed by atoms with van der Waals surface area (Å²) in [6.45, 7) is 2.29. The fraction of sp³-hybridized carbons (Fsp3) is 0.333. The molecule has 0 aliphatic carbocycles. The van der Waals surface area contributed by atoms with Crippen molar-refractivity contribution in [3.8, 4) is 0 Å². The highest BCUT2D eigenvalue weighted by Gasteiger charge is 1.88. The van der Waals surface area contributed by atoms with Crippen LogP contribution in [-0.4, -0.2) is 9.52 Å². The molecule has 70 valence electrons. The zero-order chi connectivity index (χ0) is 7.23. The van der Waals surface area contributed by atoms with Gasteiger partial charge in [-0.3, -0.25) is 9.41 Å². The third-order valence-electron chi connectivity index (χ3n) is 1.66. The lowest BCUT2D eigenvalue weighted by molar-refractivity contribution is 1.11. The monoisotopic (exact) mass is 190 g/mol. The van der Waals surface area contributed by atoms with Crippen molar-refractivity contribution in [2.45, 2.75) is 19.0 Å². The van der Waals surface area contributed by atoms with E-state index in [1.807, 2.05) is 0 Å². The van der Waals surface area contributed by atoms with E-state index in [0.717, 1.165) is 0 Å². The van der Waals surface area contributed by atoms with E-state index in [1.54, 1.807) is 0 Å².